The predicted molar refractivity (Wildman–Crippen MR) is 110 cm³/mol. The maximum Gasteiger partial charge on any atom is 0.492 e. The van der Waals surface area contributed by atoms with Crippen molar-refractivity contribution >= 4 is 19.1 Å². The number of hydrogen-bond acceptors (Lipinski definition) is 4. The van der Waals surface area contributed by atoms with E-state index in [9.17, 15) is 4.79 Å². The Balaban J connectivity index is 2.25. The third-order valence-corrected chi connectivity index (χ3v) is 4.75. The van der Waals surface area contributed by atoms with Gasteiger partial charge >= 0.3 is 7.12 Å². The van der Waals surface area contributed by atoms with E-state index >= 15 is 0 Å². The van der Waals surface area contributed by atoms with E-state index in [0.29, 0.717) is 6.54 Å². The quantitative estimate of drug-likeness (QED) is 0.793. The van der Waals surface area contributed by atoms with Crippen LogP contribution < -0.4 is 10.1 Å². The molecular weight excluding hydrogens is 341 g/mol. The number of benzene rings is 1. The molecule has 1 amide bonds. The van der Waals surface area contributed by atoms with Crippen LogP contribution in [0.3, 0.4) is 0 Å². The molecule has 148 valence electrons. The van der Waals surface area contributed by atoms with Crippen LogP contribution in [0, 0.1) is 0 Å². The van der Waals surface area contributed by atoms with E-state index in [1.165, 1.54) is 6.92 Å². The zero-order chi connectivity index (χ0) is 20.5. The highest BCUT2D eigenvalue weighted by Crippen LogP contribution is 2.38. The third kappa shape index (κ3) is 5.85. The molecule has 2 rings (SSSR count). The number of amides is 1. The van der Waals surface area contributed by atoms with Gasteiger partial charge in [-0.15, -0.1) is 0 Å². The maximum atomic E-state index is 11.4. The first-order valence-electron chi connectivity index (χ1n) is 9.39. The summed E-state index contributed by atoms with van der Waals surface area (Å²) >= 11 is 0. The van der Waals surface area contributed by atoms with Crippen LogP contribution in [-0.4, -0.2) is 36.4 Å². The van der Waals surface area contributed by atoms with E-state index in [-0.39, 0.29) is 11.5 Å². The number of nitrogens with one attached hydrogen (secondary N) is 1. The third-order valence-electron chi connectivity index (χ3n) is 4.75. The predicted octanol–water partition coefficient (Wildman–Crippen LogP) is 4.01. The molecule has 27 heavy (non-hydrogen) atoms. The summed E-state index contributed by atoms with van der Waals surface area (Å²) in [5.74, 6) is 0.727. The van der Waals surface area contributed by atoms with Gasteiger partial charge in [0.25, 0.3) is 0 Å². The maximum absolute atomic E-state index is 11.4. The van der Waals surface area contributed by atoms with Crippen LogP contribution in [0.2, 0.25) is 0 Å². The van der Waals surface area contributed by atoms with E-state index in [2.05, 4.69) is 5.32 Å². The SMILES string of the molecule is CC(=O)NCC(=Cc1ccc(OC(C)(C)C)cc1)B1OC(C)(C)C(C)(C)O1. The van der Waals surface area contributed by atoms with Gasteiger partial charge in [-0.1, -0.05) is 18.2 Å². The lowest BCUT2D eigenvalue weighted by molar-refractivity contribution is -0.118. The van der Waals surface area contributed by atoms with Crippen molar-refractivity contribution in [3.05, 3.63) is 35.3 Å². The first-order valence-corrected chi connectivity index (χ1v) is 9.39. The van der Waals surface area contributed by atoms with Gasteiger partial charge in [-0.3, -0.25) is 4.79 Å². The van der Waals surface area contributed by atoms with E-state index in [0.717, 1.165) is 16.8 Å². The van der Waals surface area contributed by atoms with E-state index in [1.807, 2.05) is 78.8 Å². The van der Waals surface area contributed by atoms with Crippen LogP contribution in [0.15, 0.2) is 29.7 Å². The average Bonchev–Trinajstić information content (AvgIpc) is 2.71. The molecule has 1 aliphatic rings. The highest BCUT2D eigenvalue weighted by atomic mass is 16.7. The zero-order valence-corrected chi connectivity index (χ0v) is 17.8. The topological polar surface area (TPSA) is 56.8 Å². The van der Waals surface area contributed by atoms with Gasteiger partial charge in [-0.05, 0) is 71.6 Å². The minimum atomic E-state index is -0.507. The fourth-order valence-electron chi connectivity index (χ4n) is 2.62. The fourth-order valence-corrected chi connectivity index (χ4v) is 2.62. The van der Waals surface area contributed by atoms with Crippen LogP contribution in [0.4, 0.5) is 0 Å². The fraction of sp³-hybridized carbons (Fsp3) is 0.571. The Hall–Kier alpha value is -1.79. The van der Waals surface area contributed by atoms with E-state index in [1.54, 1.807) is 0 Å². The summed E-state index contributed by atoms with van der Waals surface area (Å²) in [6.45, 7) is 16.0. The highest BCUT2D eigenvalue weighted by Gasteiger charge is 2.52. The zero-order valence-electron chi connectivity index (χ0n) is 17.8. The van der Waals surface area contributed by atoms with E-state index < -0.39 is 18.3 Å². The van der Waals surface area contributed by atoms with Crippen molar-refractivity contribution in [3.63, 3.8) is 0 Å². The summed E-state index contributed by atoms with van der Waals surface area (Å²) in [6.07, 6.45) is 2.00. The molecule has 0 aliphatic carbocycles. The first kappa shape index (κ1) is 21.5. The Morgan fingerprint density at radius 2 is 1.63 bits per heavy atom. The van der Waals surface area contributed by atoms with Crippen LogP contribution in [0.5, 0.6) is 5.75 Å². The summed E-state index contributed by atoms with van der Waals surface area (Å²) < 4.78 is 18.2. The van der Waals surface area contributed by atoms with Crippen molar-refractivity contribution in [2.24, 2.45) is 0 Å². The van der Waals surface area contributed by atoms with Gasteiger partial charge in [0.2, 0.25) is 5.91 Å². The van der Waals surface area contributed by atoms with Crippen LogP contribution in [0.25, 0.3) is 6.08 Å². The summed E-state index contributed by atoms with van der Waals surface area (Å²) in [6, 6.07) is 7.86. The van der Waals surface area contributed by atoms with Crippen LogP contribution in [0.1, 0.15) is 61.0 Å². The molecule has 0 radical (unpaired) electrons. The van der Waals surface area contributed by atoms with Crippen molar-refractivity contribution in [1.82, 2.24) is 5.32 Å². The molecule has 1 aliphatic heterocycles. The Kier molecular flexibility index (Phi) is 6.12. The number of ether oxygens (including phenoxy) is 1. The normalized spacial score (nSPS) is 19.1. The molecule has 5 nitrogen and oxygen atoms in total. The summed E-state index contributed by atoms with van der Waals surface area (Å²) in [7, 11) is -0.507. The molecule has 0 aromatic heterocycles. The lowest BCUT2D eigenvalue weighted by Gasteiger charge is -2.32. The van der Waals surface area contributed by atoms with Crippen LogP contribution in [-0.2, 0) is 14.1 Å². The summed E-state index contributed by atoms with van der Waals surface area (Å²) in [4.78, 5) is 11.4. The molecule has 6 heteroatoms. The molecule has 1 fully saturated rings. The molecule has 0 atom stereocenters. The van der Waals surface area contributed by atoms with Gasteiger partial charge in [-0.25, -0.2) is 0 Å². The van der Waals surface area contributed by atoms with Gasteiger partial charge in [0.15, 0.2) is 0 Å². The smallest absolute Gasteiger partial charge is 0.488 e. The van der Waals surface area contributed by atoms with Crippen LogP contribution >= 0.6 is 0 Å². The monoisotopic (exact) mass is 373 g/mol. The summed E-state index contributed by atoms with van der Waals surface area (Å²) in [5.41, 5.74) is 0.755. The minimum Gasteiger partial charge on any atom is -0.488 e. The molecule has 1 heterocycles. The average molecular weight is 373 g/mol. The number of carbonyl (C=O) groups is 1. The second kappa shape index (κ2) is 7.68. The molecule has 0 bridgehead atoms. The first-order chi connectivity index (χ1) is 12.3. The molecule has 0 spiro atoms. The van der Waals surface area contributed by atoms with Crippen molar-refractivity contribution in [3.8, 4) is 5.75 Å². The van der Waals surface area contributed by atoms with Gasteiger partial charge in [0.1, 0.15) is 11.4 Å². The van der Waals surface area contributed by atoms with Gasteiger partial charge < -0.3 is 19.4 Å². The lowest BCUT2D eigenvalue weighted by Crippen LogP contribution is -2.41. The van der Waals surface area contributed by atoms with Crippen molar-refractivity contribution in [1.29, 1.82) is 0 Å². The van der Waals surface area contributed by atoms with E-state index in [4.69, 9.17) is 14.0 Å². The Morgan fingerprint density at radius 3 is 2.07 bits per heavy atom. The lowest BCUT2D eigenvalue weighted by atomic mass is 9.77. The molecule has 1 aromatic rings. The number of rotatable bonds is 5. The van der Waals surface area contributed by atoms with Gasteiger partial charge in [-0.2, -0.15) is 0 Å². The number of carbonyl (C=O) groups excluding carboxylic acids is 1. The molecule has 0 saturated carbocycles. The van der Waals surface area contributed by atoms with Crippen molar-refractivity contribution < 1.29 is 18.8 Å². The summed E-state index contributed by atoms with van der Waals surface area (Å²) in [5, 5.41) is 2.85. The Bertz CT molecular complexity index is 686. The Labute approximate surface area is 163 Å². The largest absolute Gasteiger partial charge is 0.492 e. The number of hydrogen-bond donors (Lipinski definition) is 1. The molecular formula is C21H32BNO4. The molecule has 0 unspecified atom stereocenters. The highest BCUT2D eigenvalue weighted by molar-refractivity contribution is 6.56. The molecule has 1 N–H and O–H groups in total. The van der Waals surface area contributed by atoms with Crippen molar-refractivity contribution in [2.45, 2.75) is 72.2 Å². The molecule has 1 saturated heterocycles. The second-order valence-corrected chi connectivity index (χ2v) is 9.00. The standard InChI is InChI=1S/C21H32BNO4/c1-15(24)23-14-17(22-26-20(5,6)21(7,8)27-22)13-16-9-11-18(12-10-16)25-19(2,3)4/h9-13H,14H2,1-8H3,(H,23,24). The Morgan fingerprint density at radius 1 is 1.11 bits per heavy atom. The van der Waals surface area contributed by atoms with Gasteiger partial charge in [0.05, 0.1) is 11.2 Å². The molecule has 1 aromatic carbocycles. The second-order valence-electron chi connectivity index (χ2n) is 9.00. The minimum absolute atomic E-state index is 0.0913. The van der Waals surface area contributed by atoms with Crippen molar-refractivity contribution in [2.75, 3.05) is 6.54 Å². The van der Waals surface area contributed by atoms with Gasteiger partial charge in [0, 0.05) is 13.5 Å².